The highest BCUT2D eigenvalue weighted by molar-refractivity contribution is 7.89. The molecule has 4 N–H and O–H groups in total. The summed E-state index contributed by atoms with van der Waals surface area (Å²) in [5.74, 6) is 0. The first kappa shape index (κ1) is 13.9. The van der Waals surface area contributed by atoms with Crippen LogP contribution in [0.1, 0.15) is 12.8 Å². The molecule has 1 aliphatic carbocycles. The molecule has 0 bridgehead atoms. The Hall–Kier alpha value is -0.530. The standard InChI is InChI=1S/C10H12Cl2N2O3S/c11-6-1-2-7(8(12)9(6)13)18(16,17)14-10(5-15)3-4-10/h1-2,14-15H,3-5,13H2. The molecule has 0 aliphatic heterocycles. The molecule has 1 aromatic carbocycles. The lowest BCUT2D eigenvalue weighted by Gasteiger charge is -2.16. The molecular formula is C10H12Cl2N2O3S. The molecule has 0 atom stereocenters. The summed E-state index contributed by atoms with van der Waals surface area (Å²) >= 11 is 11.6. The number of anilines is 1. The van der Waals surface area contributed by atoms with E-state index in [1.807, 2.05) is 0 Å². The van der Waals surface area contributed by atoms with Crippen LogP contribution in [0, 0.1) is 0 Å². The summed E-state index contributed by atoms with van der Waals surface area (Å²) in [6.45, 7) is -0.243. The number of rotatable bonds is 4. The van der Waals surface area contributed by atoms with Gasteiger partial charge in [-0.3, -0.25) is 0 Å². The average molecular weight is 311 g/mol. The first-order valence-electron chi connectivity index (χ1n) is 5.20. The van der Waals surface area contributed by atoms with E-state index in [9.17, 15) is 8.42 Å². The maximum Gasteiger partial charge on any atom is 0.242 e. The van der Waals surface area contributed by atoms with Gasteiger partial charge in [0.25, 0.3) is 0 Å². The van der Waals surface area contributed by atoms with E-state index in [1.165, 1.54) is 12.1 Å². The molecule has 1 saturated carbocycles. The van der Waals surface area contributed by atoms with Crippen LogP contribution in [0.25, 0.3) is 0 Å². The number of aliphatic hydroxyl groups excluding tert-OH is 1. The Morgan fingerprint density at radius 1 is 1.39 bits per heavy atom. The van der Waals surface area contributed by atoms with Gasteiger partial charge in [0, 0.05) is 0 Å². The van der Waals surface area contributed by atoms with Crippen molar-refractivity contribution < 1.29 is 13.5 Å². The van der Waals surface area contributed by atoms with Gasteiger partial charge in [0.05, 0.1) is 27.9 Å². The maximum absolute atomic E-state index is 12.1. The number of halogens is 2. The summed E-state index contributed by atoms with van der Waals surface area (Å²) in [6, 6.07) is 2.66. The summed E-state index contributed by atoms with van der Waals surface area (Å²) in [4.78, 5) is -0.134. The van der Waals surface area contributed by atoms with E-state index in [4.69, 9.17) is 34.0 Å². The van der Waals surface area contributed by atoms with Gasteiger partial charge in [0.2, 0.25) is 10.0 Å². The molecule has 100 valence electrons. The highest BCUT2D eigenvalue weighted by Crippen LogP contribution is 2.38. The molecule has 0 aromatic heterocycles. The van der Waals surface area contributed by atoms with Crippen molar-refractivity contribution in [2.24, 2.45) is 0 Å². The summed E-state index contributed by atoms with van der Waals surface area (Å²) < 4.78 is 26.7. The second-order valence-electron chi connectivity index (χ2n) is 4.32. The summed E-state index contributed by atoms with van der Waals surface area (Å²) in [6.07, 6.45) is 1.20. The molecule has 5 nitrogen and oxygen atoms in total. The van der Waals surface area contributed by atoms with E-state index in [2.05, 4.69) is 4.72 Å². The molecule has 1 aliphatic rings. The number of aliphatic hydroxyl groups is 1. The van der Waals surface area contributed by atoms with Crippen molar-refractivity contribution >= 4 is 38.9 Å². The van der Waals surface area contributed by atoms with Gasteiger partial charge in [-0.1, -0.05) is 23.2 Å². The van der Waals surface area contributed by atoms with E-state index < -0.39 is 15.6 Å². The van der Waals surface area contributed by atoms with Crippen molar-refractivity contribution in [2.45, 2.75) is 23.3 Å². The number of hydrogen-bond acceptors (Lipinski definition) is 4. The summed E-state index contributed by atoms with van der Waals surface area (Å²) in [5, 5.41) is 9.22. The molecule has 0 spiro atoms. The predicted molar refractivity (Wildman–Crippen MR) is 70.2 cm³/mol. The smallest absolute Gasteiger partial charge is 0.242 e. The third-order valence-corrected chi connectivity index (χ3v) is 5.36. The van der Waals surface area contributed by atoms with Gasteiger partial charge < -0.3 is 10.8 Å². The fourth-order valence-corrected chi connectivity index (χ4v) is 3.76. The van der Waals surface area contributed by atoms with E-state index in [1.54, 1.807) is 0 Å². The third kappa shape index (κ3) is 2.44. The minimum atomic E-state index is -3.82. The van der Waals surface area contributed by atoms with Gasteiger partial charge in [-0.25, -0.2) is 13.1 Å². The molecule has 0 saturated heterocycles. The van der Waals surface area contributed by atoms with Crippen LogP contribution < -0.4 is 10.5 Å². The molecule has 1 aromatic rings. The van der Waals surface area contributed by atoms with Crippen LogP contribution in [0.4, 0.5) is 5.69 Å². The number of benzene rings is 1. The zero-order chi connectivity index (χ0) is 13.6. The van der Waals surface area contributed by atoms with E-state index in [0.29, 0.717) is 12.8 Å². The average Bonchev–Trinajstić information content (AvgIpc) is 3.05. The molecular weight excluding hydrogens is 299 g/mol. The molecule has 8 heteroatoms. The van der Waals surface area contributed by atoms with Crippen molar-refractivity contribution in [1.82, 2.24) is 4.72 Å². The van der Waals surface area contributed by atoms with E-state index >= 15 is 0 Å². The van der Waals surface area contributed by atoms with E-state index in [0.717, 1.165) is 0 Å². The minimum Gasteiger partial charge on any atom is -0.396 e. The molecule has 0 unspecified atom stereocenters. The van der Waals surface area contributed by atoms with Gasteiger partial charge in [-0.15, -0.1) is 0 Å². The quantitative estimate of drug-likeness (QED) is 0.732. The number of nitrogens with two attached hydrogens (primary N) is 1. The highest BCUT2D eigenvalue weighted by Gasteiger charge is 2.46. The lowest BCUT2D eigenvalue weighted by Crippen LogP contribution is -2.39. The summed E-state index contributed by atoms with van der Waals surface area (Å²) in [7, 11) is -3.82. The Morgan fingerprint density at radius 3 is 2.50 bits per heavy atom. The topological polar surface area (TPSA) is 92.4 Å². The predicted octanol–water partition coefficient (Wildman–Crippen LogP) is 1.38. The van der Waals surface area contributed by atoms with Crippen LogP contribution in [0.3, 0.4) is 0 Å². The molecule has 18 heavy (non-hydrogen) atoms. The second-order valence-corrected chi connectivity index (χ2v) is 6.75. The minimum absolute atomic E-state index is 0.0232. The number of hydrogen-bond donors (Lipinski definition) is 3. The maximum atomic E-state index is 12.1. The molecule has 0 amide bonds. The SMILES string of the molecule is Nc1c(Cl)ccc(S(=O)(=O)NC2(CO)CC2)c1Cl. The number of sulfonamides is 1. The Balaban J connectivity index is 2.39. The van der Waals surface area contributed by atoms with Crippen LogP contribution in [-0.4, -0.2) is 25.7 Å². The molecule has 0 radical (unpaired) electrons. The molecule has 2 rings (SSSR count). The van der Waals surface area contributed by atoms with Crippen molar-refractivity contribution in [1.29, 1.82) is 0 Å². The largest absolute Gasteiger partial charge is 0.396 e. The first-order valence-corrected chi connectivity index (χ1v) is 7.43. The fraction of sp³-hybridized carbons (Fsp3) is 0.400. The van der Waals surface area contributed by atoms with E-state index in [-0.39, 0.29) is 27.2 Å². The molecule has 1 fully saturated rings. The van der Waals surface area contributed by atoms with Crippen LogP contribution in [0.15, 0.2) is 17.0 Å². The van der Waals surface area contributed by atoms with Gasteiger partial charge in [-0.05, 0) is 25.0 Å². The normalized spacial score (nSPS) is 17.7. The second kappa shape index (κ2) is 4.54. The Bertz CT molecular complexity index is 585. The lowest BCUT2D eigenvalue weighted by molar-refractivity contribution is 0.246. The van der Waals surface area contributed by atoms with Gasteiger partial charge in [-0.2, -0.15) is 0 Å². The highest BCUT2D eigenvalue weighted by atomic mass is 35.5. The number of nitrogen functional groups attached to an aromatic ring is 1. The fourth-order valence-electron chi connectivity index (χ4n) is 1.54. The third-order valence-electron chi connectivity index (χ3n) is 2.89. The first-order chi connectivity index (χ1) is 8.31. The zero-order valence-corrected chi connectivity index (χ0v) is 11.6. The van der Waals surface area contributed by atoms with Crippen molar-refractivity contribution in [3.8, 4) is 0 Å². The number of nitrogens with one attached hydrogen (secondary N) is 1. The van der Waals surface area contributed by atoms with Gasteiger partial charge in [0.1, 0.15) is 4.90 Å². The van der Waals surface area contributed by atoms with Gasteiger partial charge >= 0.3 is 0 Å². The monoisotopic (exact) mass is 310 g/mol. The van der Waals surface area contributed by atoms with Crippen molar-refractivity contribution in [3.05, 3.63) is 22.2 Å². The van der Waals surface area contributed by atoms with Crippen LogP contribution in [-0.2, 0) is 10.0 Å². The van der Waals surface area contributed by atoms with Gasteiger partial charge in [0.15, 0.2) is 0 Å². The van der Waals surface area contributed by atoms with Crippen LogP contribution in [0.2, 0.25) is 10.0 Å². The lowest BCUT2D eigenvalue weighted by atomic mass is 10.3. The van der Waals surface area contributed by atoms with Crippen molar-refractivity contribution in [2.75, 3.05) is 12.3 Å². The van der Waals surface area contributed by atoms with Crippen molar-refractivity contribution in [3.63, 3.8) is 0 Å². The Morgan fingerprint density at radius 2 is 2.00 bits per heavy atom. The zero-order valence-electron chi connectivity index (χ0n) is 9.28. The Kier molecular flexibility index (Phi) is 3.50. The summed E-state index contributed by atoms with van der Waals surface area (Å²) in [5.41, 5.74) is 4.86. The van der Waals surface area contributed by atoms with Crippen LogP contribution >= 0.6 is 23.2 Å². The van der Waals surface area contributed by atoms with Crippen LogP contribution in [0.5, 0.6) is 0 Å². The Labute approximate surface area is 115 Å². The molecule has 0 heterocycles.